The second-order valence-electron chi connectivity index (χ2n) is 4.23. The number of esters is 1. The summed E-state index contributed by atoms with van der Waals surface area (Å²) in [5.74, 6) is 0.0769. The molecule has 1 aromatic rings. The van der Waals surface area contributed by atoms with E-state index in [0.717, 1.165) is 5.56 Å². The highest BCUT2D eigenvalue weighted by atomic mass is 32.2. The van der Waals surface area contributed by atoms with E-state index in [-0.39, 0.29) is 4.90 Å². The molecule has 2 rings (SSSR count). The van der Waals surface area contributed by atoms with E-state index >= 15 is 0 Å². The van der Waals surface area contributed by atoms with Crippen LogP contribution in [0.4, 0.5) is 0 Å². The fourth-order valence-corrected chi connectivity index (χ4v) is 3.10. The van der Waals surface area contributed by atoms with E-state index in [1.165, 1.54) is 20.1 Å². The number of rotatable bonds is 4. The zero-order chi connectivity index (χ0) is 14.0. The molecule has 1 aromatic carbocycles. The van der Waals surface area contributed by atoms with Crippen LogP contribution in [0.1, 0.15) is 12.5 Å². The molecule has 7 heteroatoms. The van der Waals surface area contributed by atoms with E-state index in [1.807, 2.05) is 0 Å². The molecule has 0 fully saturated rings. The first-order valence-corrected chi connectivity index (χ1v) is 7.28. The van der Waals surface area contributed by atoms with Crippen molar-refractivity contribution in [2.45, 2.75) is 24.3 Å². The fourth-order valence-electron chi connectivity index (χ4n) is 1.86. The molecule has 0 bridgehead atoms. The Kier molecular flexibility index (Phi) is 3.77. The Morgan fingerprint density at radius 3 is 2.89 bits per heavy atom. The first-order chi connectivity index (χ1) is 8.94. The average molecular weight is 285 g/mol. The molecule has 0 spiro atoms. The summed E-state index contributed by atoms with van der Waals surface area (Å²) < 4.78 is 36.3. The van der Waals surface area contributed by atoms with Gasteiger partial charge in [-0.05, 0) is 30.7 Å². The zero-order valence-corrected chi connectivity index (χ0v) is 11.5. The third-order valence-corrected chi connectivity index (χ3v) is 4.40. The van der Waals surface area contributed by atoms with Crippen LogP contribution < -0.4 is 9.46 Å². The molecule has 6 nitrogen and oxygen atoms in total. The van der Waals surface area contributed by atoms with E-state index in [1.54, 1.807) is 12.1 Å². The Labute approximate surface area is 111 Å². The monoisotopic (exact) mass is 285 g/mol. The molecule has 1 aliphatic heterocycles. The second-order valence-corrected chi connectivity index (χ2v) is 5.95. The molecule has 1 atom stereocenters. The number of carbonyl (C=O) groups is 1. The van der Waals surface area contributed by atoms with Crippen LogP contribution in [0.2, 0.25) is 0 Å². The van der Waals surface area contributed by atoms with E-state index in [4.69, 9.17) is 4.74 Å². The Hall–Kier alpha value is -1.60. The van der Waals surface area contributed by atoms with Crippen LogP contribution in [0.15, 0.2) is 23.1 Å². The van der Waals surface area contributed by atoms with Gasteiger partial charge in [-0.3, -0.25) is 4.79 Å². The topological polar surface area (TPSA) is 81.7 Å². The van der Waals surface area contributed by atoms with Crippen molar-refractivity contribution in [2.24, 2.45) is 0 Å². The zero-order valence-electron chi connectivity index (χ0n) is 10.7. The van der Waals surface area contributed by atoms with Crippen LogP contribution in [0, 0.1) is 0 Å². The smallest absolute Gasteiger partial charge is 0.323 e. The molecule has 0 amide bonds. The summed E-state index contributed by atoms with van der Waals surface area (Å²) in [7, 11) is -2.53. The predicted molar refractivity (Wildman–Crippen MR) is 67.4 cm³/mol. The SMILES string of the molecule is COC(=O)C(C)NS(=O)(=O)c1ccc2c(c1)CCO2. The largest absolute Gasteiger partial charge is 0.493 e. The number of fused-ring (bicyclic) bond motifs is 1. The number of nitrogens with one attached hydrogen (secondary N) is 1. The van der Waals surface area contributed by atoms with Crippen molar-refractivity contribution in [3.05, 3.63) is 23.8 Å². The lowest BCUT2D eigenvalue weighted by Gasteiger charge is -2.12. The van der Waals surface area contributed by atoms with Crippen molar-refractivity contribution in [1.29, 1.82) is 0 Å². The van der Waals surface area contributed by atoms with Crippen molar-refractivity contribution in [2.75, 3.05) is 13.7 Å². The van der Waals surface area contributed by atoms with E-state index < -0.39 is 22.0 Å². The fraction of sp³-hybridized carbons (Fsp3) is 0.417. The average Bonchev–Trinajstić information content (AvgIpc) is 2.84. The number of hydrogen-bond acceptors (Lipinski definition) is 5. The van der Waals surface area contributed by atoms with Gasteiger partial charge in [0, 0.05) is 6.42 Å². The molecule has 104 valence electrons. The minimum Gasteiger partial charge on any atom is -0.493 e. The van der Waals surface area contributed by atoms with Gasteiger partial charge in [0.05, 0.1) is 18.6 Å². The van der Waals surface area contributed by atoms with Gasteiger partial charge in [-0.1, -0.05) is 0 Å². The molecule has 1 N–H and O–H groups in total. The first-order valence-electron chi connectivity index (χ1n) is 5.80. The first kappa shape index (κ1) is 13.8. The molecular formula is C12H15NO5S. The van der Waals surface area contributed by atoms with Crippen molar-refractivity contribution in [3.63, 3.8) is 0 Å². The lowest BCUT2D eigenvalue weighted by molar-refractivity contribution is -0.142. The predicted octanol–water partition coefficient (Wildman–Crippen LogP) is 0.461. The minimum absolute atomic E-state index is 0.118. The summed E-state index contributed by atoms with van der Waals surface area (Å²) in [5, 5.41) is 0. The molecule has 0 aliphatic carbocycles. The number of carbonyl (C=O) groups excluding carboxylic acids is 1. The summed E-state index contributed by atoms with van der Waals surface area (Å²) in [6.07, 6.45) is 0.686. The van der Waals surface area contributed by atoms with Crippen LogP contribution in [-0.2, 0) is 26.0 Å². The Morgan fingerprint density at radius 2 is 2.21 bits per heavy atom. The van der Waals surface area contributed by atoms with Gasteiger partial charge >= 0.3 is 5.97 Å². The summed E-state index contributed by atoms with van der Waals surface area (Å²) in [6.45, 7) is 1.99. The number of ether oxygens (including phenoxy) is 2. The van der Waals surface area contributed by atoms with Gasteiger partial charge in [-0.2, -0.15) is 4.72 Å². The van der Waals surface area contributed by atoms with Crippen LogP contribution in [0.3, 0.4) is 0 Å². The van der Waals surface area contributed by atoms with E-state index in [0.29, 0.717) is 18.8 Å². The third-order valence-electron chi connectivity index (χ3n) is 2.86. The number of sulfonamides is 1. The molecule has 0 saturated heterocycles. The van der Waals surface area contributed by atoms with Crippen molar-refractivity contribution in [1.82, 2.24) is 4.72 Å². The molecule has 1 unspecified atom stereocenters. The maximum Gasteiger partial charge on any atom is 0.323 e. The van der Waals surface area contributed by atoms with Gasteiger partial charge in [0.15, 0.2) is 0 Å². The highest BCUT2D eigenvalue weighted by Gasteiger charge is 2.24. The van der Waals surface area contributed by atoms with E-state index in [9.17, 15) is 13.2 Å². The maximum atomic E-state index is 12.1. The molecule has 1 aliphatic rings. The van der Waals surface area contributed by atoms with Gasteiger partial charge in [0.2, 0.25) is 10.0 Å². The summed E-state index contributed by atoms with van der Waals surface area (Å²) >= 11 is 0. The standard InChI is InChI=1S/C12H15NO5S/c1-8(12(14)17-2)13-19(15,16)10-3-4-11-9(7-10)5-6-18-11/h3-4,7-8,13H,5-6H2,1-2H3. The Balaban J connectivity index is 2.22. The van der Waals surface area contributed by atoms with Crippen molar-refractivity contribution in [3.8, 4) is 5.75 Å². The summed E-state index contributed by atoms with van der Waals surface area (Å²) in [6, 6.07) is 3.71. The highest BCUT2D eigenvalue weighted by molar-refractivity contribution is 7.89. The van der Waals surface area contributed by atoms with Crippen molar-refractivity contribution >= 4 is 16.0 Å². The number of benzene rings is 1. The van der Waals surface area contributed by atoms with Crippen molar-refractivity contribution < 1.29 is 22.7 Å². The number of methoxy groups -OCH3 is 1. The number of hydrogen-bond donors (Lipinski definition) is 1. The summed E-state index contributed by atoms with van der Waals surface area (Å²) in [4.78, 5) is 11.4. The molecule has 0 saturated carbocycles. The third kappa shape index (κ3) is 2.87. The van der Waals surface area contributed by atoms with Crippen LogP contribution >= 0.6 is 0 Å². The molecule has 1 heterocycles. The molecular weight excluding hydrogens is 270 g/mol. The van der Waals surface area contributed by atoms with Gasteiger partial charge in [-0.15, -0.1) is 0 Å². The quantitative estimate of drug-likeness (QED) is 0.813. The lowest BCUT2D eigenvalue weighted by Crippen LogP contribution is -2.39. The minimum atomic E-state index is -3.74. The van der Waals surface area contributed by atoms with Gasteiger partial charge < -0.3 is 9.47 Å². The van der Waals surface area contributed by atoms with Gasteiger partial charge in [0.25, 0.3) is 0 Å². The molecule has 0 aromatic heterocycles. The van der Waals surface area contributed by atoms with E-state index in [2.05, 4.69) is 9.46 Å². The van der Waals surface area contributed by atoms with Crippen LogP contribution in [0.5, 0.6) is 5.75 Å². The summed E-state index contributed by atoms with van der Waals surface area (Å²) in [5.41, 5.74) is 0.855. The second kappa shape index (κ2) is 5.18. The van der Waals surface area contributed by atoms with Crippen LogP contribution in [-0.4, -0.2) is 34.1 Å². The normalized spacial score (nSPS) is 15.5. The lowest BCUT2D eigenvalue weighted by atomic mass is 10.2. The maximum absolute atomic E-state index is 12.1. The highest BCUT2D eigenvalue weighted by Crippen LogP contribution is 2.27. The van der Waals surface area contributed by atoms with Gasteiger partial charge in [0.1, 0.15) is 11.8 Å². The van der Waals surface area contributed by atoms with Crippen LogP contribution in [0.25, 0.3) is 0 Å². The Morgan fingerprint density at radius 1 is 1.47 bits per heavy atom. The molecule has 0 radical (unpaired) electrons. The Bertz CT molecular complexity index is 596. The molecule has 19 heavy (non-hydrogen) atoms. The van der Waals surface area contributed by atoms with Gasteiger partial charge in [-0.25, -0.2) is 8.42 Å².